The molecule has 6 heteroatoms. The van der Waals surface area contributed by atoms with Gasteiger partial charge in [0.25, 0.3) is 0 Å². The Morgan fingerprint density at radius 2 is 1.52 bits per heavy atom. The number of hydrogen-bond acceptors (Lipinski definition) is 3. The molecule has 3 nitrogen and oxygen atoms in total. The molecule has 0 atom stereocenters. The molecular formula is C27H20F3NO2. The van der Waals surface area contributed by atoms with E-state index >= 15 is 0 Å². The van der Waals surface area contributed by atoms with E-state index in [2.05, 4.69) is 0 Å². The van der Waals surface area contributed by atoms with E-state index in [4.69, 9.17) is 4.98 Å². The monoisotopic (exact) mass is 447 g/mol. The molecule has 0 bridgehead atoms. The number of aldehydes is 1. The van der Waals surface area contributed by atoms with Crippen molar-refractivity contribution in [2.24, 2.45) is 0 Å². The van der Waals surface area contributed by atoms with Gasteiger partial charge in [-0.05, 0) is 42.0 Å². The molecule has 1 saturated carbocycles. The van der Waals surface area contributed by atoms with Crippen LogP contribution in [0.1, 0.15) is 29.7 Å². The lowest BCUT2D eigenvalue weighted by atomic mass is 9.55. The Morgan fingerprint density at radius 1 is 0.879 bits per heavy atom. The molecule has 5 rings (SSSR count). The highest BCUT2D eigenvalue weighted by atomic mass is 19.4. The quantitative estimate of drug-likeness (QED) is 0.388. The van der Waals surface area contributed by atoms with E-state index in [0.29, 0.717) is 17.0 Å². The molecule has 1 aliphatic rings. The summed E-state index contributed by atoms with van der Waals surface area (Å²) in [5.74, 6) is 0. The van der Waals surface area contributed by atoms with E-state index in [-0.39, 0.29) is 12.8 Å². The van der Waals surface area contributed by atoms with Gasteiger partial charge in [-0.3, -0.25) is 4.98 Å². The predicted octanol–water partition coefficient (Wildman–Crippen LogP) is 6.04. The SMILES string of the molecule is O=CC1(c2nc(-c3ccc(C(F)(F)F)cc3)cc3ccccc23)CC(O)(c2ccccc2)C1. The first-order chi connectivity index (χ1) is 15.7. The fourth-order valence-corrected chi connectivity index (χ4v) is 4.81. The number of rotatable bonds is 4. The number of hydrogen-bond donors (Lipinski definition) is 1. The van der Waals surface area contributed by atoms with Gasteiger partial charge in [-0.25, -0.2) is 0 Å². The topological polar surface area (TPSA) is 50.2 Å². The van der Waals surface area contributed by atoms with Gasteiger partial charge in [-0.1, -0.05) is 66.7 Å². The van der Waals surface area contributed by atoms with Crippen molar-refractivity contribution < 1.29 is 23.1 Å². The lowest BCUT2D eigenvalue weighted by molar-refractivity contribution is -0.137. The molecule has 0 aliphatic heterocycles. The minimum Gasteiger partial charge on any atom is -0.385 e. The summed E-state index contributed by atoms with van der Waals surface area (Å²) in [5.41, 5.74) is -0.593. The first-order valence-electron chi connectivity index (χ1n) is 10.6. The van der Waals surface area contributed by atoms with E-state index in [1.165, 1.54) is 12.1 Å². The van der Waals surface area contributed by atoms with Crippen LogP contribution in [0.5, 0.6) is 0 Å². The molecule has 3 aromatic carbocycles. The zero-order valence-electron chi connectivity index (χ0n) is 17.5. The van der Waals surface area contributed by atoms with Crippen LogP contribution in [-0.2, 0) is 22.0 Å². The molecule has 0 spiro atoms. The number of alkyl halides is 3. The van der Waals surface area contributed by atoms with Gasteiger partial charge < -0.3 is 9.90 Å². The summed E-state index contributed by atoms with van der Waals surface area (Å²) < 4.78 is 39.0. The number of pyridine rings is 1. The van der Waals surface area contributed by atoms with Crippen LogP contribution in [0.4, 0.5) is 13.2 Å². The molecule has 0 amide bonds. The molecule has 1 fully saturated rings. The highest BCUT2D eigenvalue weighted by Crippen LogP contribution is 2.55. The van der Waals surface area contributed by atoms with Gasteiger partial charge in [0.05, 0.1) is 28.0 Å². The predicted molar refractivity (Wildman–Crippen MR) is 119 cm³/mol. The fraction of sp³-hybridized carbons (Fsp3) is 0.185. The molecule has 1 N–H and O–H groups in total. The third-order valence-electron chi connectivity index (χ3n) is 6.47. The standard InChI is InChI=1S/C27H20F3NO2/c28-27(29,30)21-12-10-18(11-13-21)23-14-19-6-4-5-9-22(19)24(31-23)25(17-32)15-26(33,16-25)20-7-2-1-3-8-20/h1-14,17,33H,15-16H2. The number of nitrogens with zero attached hydrogens (tertiary/aromatic N) is 1. The molecule has 4 aromatic rings. The molecule has 0 saturated heterocycles. The van der Waals surface area contributed by atoms with Crippen LogP contribution in [0.2, 0.25) is 0 Å². The number of fused-ring (bicyclic) bond motifs is 1. The van der Waals surface area contributed by atoms with Crippen molar-refractivity contribution in [3.63, 3.8) is 0 Å². The lowest BCUT2D eigenvalue weighted by Gasteiger charge is -2.50. The number of carbonyl (C=O) groups excluding carboxylic acids is 1. The third kappa shape index (κ3) is 3.60. The number of aliphatic hydroxyl groups is 1. The normalized spacial score (nSPS) is 22.7. The van der Waals surface area contributed by atoms with E-state index in [1.54, 1.807) is 0 Å². The van der Waals surface area contributed by atoms with Crippen molar-refractivity contribution in [2.45, 2.75) is 30.0 Å². The van der Waals surface area contributed by atoms with Gasteiger partial charge >= 0.3 is 6.18 Å². The molecule has 33 heavy (non-hydrogen) atoms. The Hall–Kier alpha value is -3.51. The van der Waals surface area contributed by atoms with Crippen LogP contribution >= 0.6 is 0 Å². The fourth-order valence-electron chi connectivity index (χ4n) is 4.81. The molecule has 0 unspecified atom stereocenters. The van der Waals surface area contributed by atoms with Gasteiger partial charge in [-0.15, -0.1) is 0 Å². The Kier molecular flexibility index (Phi) is 4.87. The first-order valence-corrected chi connectivity index (χ1v) is 10.6. The maximum atomic E-state index is 13.0. The molecule has 1 aromatic heterocycles. The Morgan fingerprint density at radius 3 is 2.15 bits per heavy atom. The number of halogens is 3. The van der Waals surface area contributed by atoms with Gasteiger partial charge in [0.2, 0.25) is 0 Å². The Balaban J connectivity index is 1.60. The van der Waals surface area contributed by atoms with E-state index in [0.717, 1.165) is 34.8 Å². The summed E-state index contributed by atoms with van der Waals surface area (Å²) in [6.45, 7) is 0. The second-order valence-electron chi connectivity index (χ2n) is 8.68. The van der Waals surface area contributed by atoms with Crippen molar-refractivity contribution in [3.8, 4) is 11.3 Å². The van der Waals surface area contributed by atoms with Gasteiger partial charge in [0.1, 0.15) is 6.29 Å². The Labute approximate surface area is 188 Å². The maximum Gasteiger partial charge on any atom is 0.416 e. The highest BCUT2D eigenvalue weighted by Gasteiger charge is 2.57. The number of aromatic nitrogens is 1. The molecule has 0 radical (unpaired) electrons. The van der Waals surface area contributed by atoms with E-state index < -0.39 is 22.8 Å². The summed E-state index contributed by atoms with van der Waals surface area (Å²) >= 11 is 0. The van der Waals surface area contributed by atoms with Gasteiger partial charge in [-0.2, -0.15) is 13.2 Å². The summed E-state index contributed by atoms with van der Waals surface area (Å²) in [6.07, 6.45) is -3.21. The van der Waals surface area contributed by atoms with E-state index in [9.17, 15) is 23.1 Å². The van der Waals surface area contributed by atoms with Crippen LogP contribution < -0.4 is 0 Å². The maximum absolute atomic E-state index is 13.0. The molecular weight excluding hydrogens is 427 g/mol. The first kappa shape index (κ1) is 21.3. The van der Waals surface area contributed by atoms with Crippen LogP contribution in [0.25, 0.3) is 22.0 Å². The minimum absolute atomic E-state index is 0.182. The summed E-state index contributed by atoms with van der Waals surface area (Å²) in [4.78, 5) is 17.2. The molecule has 166 valence electrons. The van der Waals surface area contributed by atoms with Gasteiger partial charge in [0, 0.05) is 10.9 Å². The largest absolute Gasteiger partial charge is 0.416 e. The van der Waals surface area contributed by atoms with Crippen LogP contribution in [0, 0.1) is 0 Å². The number of carbonyl (C=O) groups is 1. The van der Waals surface area contributed by atoms with Crippen molar-refractivity contribution in [1.82, 2.24) is 4.98 Å². The van der Waals surface area contributed by atoms with Gasteiger partial charge in [0.15, 0.2) is 0 Å². The van der Waals surface area contributed by atoms with Crippen molar-refractivity contribution in [2.75, 3.05) is 0 Å². The minimum atomic E-state index is -4.42. The van der Waals surface area contributed by atoms with Crippen molar-refractivity contribution >= 4 is 17.1 Å². The summed E-state index contributed by atoms with van der Waals surface area (Å²) in [6, 6.07) is 23.3. The summed E-state index contributed by atoms with van der Waals surface area (Å²) in [7, 11) is 0. The zero-order chi connectivity index (χ0) is 23.3. The average Bonchev–Trinajstić information content (AvgIpc) is 2.81. The second kappa shape index (κ2) is 7.52. The third-order valence-corrected chi connectivity index (χ3v) is 6.47. The molecule has 1 heterocycles. The average molecular weight is 447 g/mol. The number of benzene rings is 3. The summed E-state index contributed by atoms with van der Waals surface area (Å²) in [5, 5.41) is 12.8. The van der Waals surface area contributed by atoms with Crippen molar-refractivity contribution in [1.29, 1.82) is 0 Å². The highest BCUT2D eigenvalue weighted by molar-refractivity contribution is 5.92. The smallest absolute Gasteiger partial charge is 0.385 e. The lowest BCUT2D eigenvalue weighted by Crippen LogP contribution is -2.54. The molecule has 1 aliphatic carbocycles. The van der Waals surface area contributed by atoms with E-state index in [1.807, 2.05) is 60.7 Å². The van der Waals surface area contributed by atoms with Crippen molar-refractivity contribution in [3.05, 3.63) is 102 Å². The van der Waals surface area contributed by atoms with Crippen LogP contribution in [0.15, 0.2) is 84.9 Å². The van der Waals surface area contributed by atoms with Crippen LogP contribution in [-0.4, -0.2) is 16.4 Å². The Bertz CT molecular complexity index is 1330. The van der Waals surface area contributed by atoms with Crippen LogP contribution in [0.3, 0.4) is 0 Å². The zero-order valence-corrected chi connectivity index (χ0v) is 17.5. The second-order valence-corrected chi connectivity index (χ2v) is 8.68.